The summed E-state index contributed by atoms with van der Waals surface area (Å²) in [4.78, 5) is 15.7. The van der Waals surface area contributed by atoms with Crippen LogP contribution in [0, 0.1) is 0 Å². The van der Waals surface area contributed by atoms with Crippen molar-refractivity contribution in [1.29, 1.82) is 0 Å². The summed E-state index contributed by atoms with van der Waals surface area (Å²) in [5, 5.41) is 8.72. The molecule has 0 spiro atoms. The van der Waals surface area contributed by atoms with Gasteiger partial charge in [0.05, 0.1) is 16.7 Å². The van der Waals surface area contributed by atoms with Crippen LogP contribution in [0.25, 0.3) is 116 Å². The van der Waals surface area contributed by atoms with Gasteiger partial charge in [0.25, 0.3) is 0 Å². The van der Waals surface area contributed by atoms with Gasteiger partial charge >= 0.3 is 0 Å². The fraction of sp³-hybridized carbons (Fsp3) is 0. The van der Waals surface area contributed by atoms with Gasteiger partial charge < -0.3 is 13.4 Å². The average molecular weight is 705 g/mol. The summed E-state index contributed by atoms with van der Waals surface area (Å²) >= 11 is 0. The summed E-state index contributed by atoms with van der Waals surface area (Å²) < 4.78 is 15.2. The van der Waals surface area contributed by atoms with Crippen LogP contribution in [-0.2, 0) is 0 Å². The summed E-state index contributed by atoms with van der Waals surface area (Å²) in [6.07, 6.45) is 0. The fourth-order valence-electron chi connectivity index (χ4n) is 8.24. The zero-order valence-corrected chi connectivity index (χ0v) is 29.3. The van der Waals surface area contributed by atoms with E-state index >= 15 is 0 Å². The van der Waals surface area contributed by atoms with Crippen LogP contribution in [0.3, 0.4) is 0 Å². The minimum absolute atomic E-state index is 0.569. The van der Waals surface area contributed by atoms with Crippen molar-refractivity contribution in [3.8, 4) is 39.9 Å². The van der Waals surface area contributed by atoms with Crippen molar-refractivity contribution in [3.05, 3.63) is 170 Å². The molecule has 6 heteroatoms. The molecule has 256 valence electrons. The minimum Gasteiger partial charge on any atom is -0.456 e. The minimum atomic E-state index is 0.569. The van der Waals surface area contributed by atoms with Crippen molar-refractivity contribution in [3.63, 3.8) is 0 Å². The Morgan fingerprint density at radius 1 is 0.345 bits per heavy atom. The van der Waals surface area contributed by atoms with Gasteiger partial charge in [-0.05, 0) is 71.4 Å². The molecule has 0 aliphatic carbocycles. The van der Waals surface area contributed by atoms with Crippen LogP contribution in [0.2, 0.25) is 0 Å². The van der Waals surface area contributed by atoms with Crippen LogP contribution in [0.1, 0.15) is 0 Å². The summed E-state index contributed by atoms with van der Waals surface area (Å²) in [6.45, 7) is 0. The Balaban J connectivity index is 1.16. The average Bonchev–Trinajstić information content (AvgIpc) is 3.92. The number of para-hydroxylation sites is 4. The molecule has 0 fully saturated rings. The maximum absolute atomic E-state index is 6.71. The van der Waals surface area contributed by atoms with E-state index in [-0.39, 0.29) is 0 Å². The first-order chi connectivity index (χ1) is 27.2. The molecule has 0 aliphatic heterocycles. The molecule has 0 radical (unpaired) electrons. The van der Waals surface area contributed by atoms with Crippen molar-refractivity contribution < 1.29 is 8.83 Å². The number of fused-ring (bicyclic) bond motifs is 10. The van der Waals surface area contributed by atoms with Gasteiger partial charge in [0.15, 0.2) is 23.1 Å². The maximum atomic E-state index is 6.71. The lowest BCUT2D eigenvalue weighted by Crippen LogP contribution is -2.01. The fourth-order valence-corrected chi connectivity index (χ4v) is 8.24. The van der Waals surface area contributed by atoms with Crippen molar-refractivity contribution in [2.45, 2.75) is 0 Å². The van der Waals surface area contributed by atoms with E-state index < -0.39 is 0 Å². The van der Waals surface area contributed by atoms with Gasteiger partial charge in [-0.25, -0.2) is 15.0 Å². The third-order valence-corrected chi connectivity index (χ3v) is 10.8. The summed E-state index contributed by atoms with van der Waals surface area (Å²) in [6, 6.07) is 58.6. The van der Waals surface area contributed by atoms with Crippen LogP contribution in [0.15, 0.2) is 179 Å². The Hall–Kier alpha value is -7.57. The largest absolute Gasteiger partial charge is 0.456 e. The lowest BCUT2D eigenvalue weighted by molar-refractivity contribution is 0.666. The smallest absolute Gasteiger partial charge is 0.164 e. The molecular formula is C49H28N4O2. The number of hydrogen-bond donors (Lipinski definition) is 0. The number of furan rings is 2. The van der Waals surface area contributed by atoms with Crippen LogP contribution < -0.4 is 0 Å². The third kappa shape index (κ3) is 4.58. The summed E-state index contributed by atoms with van der Waals surface area (Å²) in [5.41, 5.74) is 9.05. The number of rotatable bonds is 4. The van der Waals surface area contributed by atoms with Gasteiger partial charge in [0, 0.05) is 49.0 Å². The SMILES string of the molecule is c1ccc2cc(-c3nc(-c4ccc5oc6ccccc6c5c4)nc(-c4cc(-n5c6ccccc6c6ccccc65)c5oc6ccccc6c5c4)n3)ccc2c1. The summed E-state index contributed by atoms with van der Waals surface area (Å²) in [5.74, 6) is 1.74. The van der Waals surface area contributed by atoms with Crippen molar-refractivity contribution >= 4 is 76.5 Å². The first kappa shape index (κ1) is 29.9. The number of hydrogen-bond acceptors (Lipinski definition) is 5. The molecule has 6 nitrogen and oxygen atoms in total. The number of benzene rings is 8. The molecule has 8 aromatic carbocycles. The Morgan fingerprint density at radius 3 is 1.58 bits per heavy atom. The molecule has 12 aromatic rings. The highest BCUT2D eigenvalue weighted by molar-refractivity contribution is 6.13. The zero-order chi connectivity index (χ0) is 36.0. The normalized spacial score (nSPS) is 12.0. The molecule has 0 bridgehead atoms. The Kier molecular flexibility index (Phi) is 6.24. The highest BCUT2D eigenvalue weighted by Gasteiger charge is 2.22. The topological polar surface area (TPSA) is 69.9 Å². The van der Waals surface area contributed by atoms with Gasteiger partial charge in [-0.1, -0.05) is 109 Å². The van der Waals surface area contributed by atoms with E-state index in [0.29, 0.717) is 17.5 Å². The van der Waals surface area contributed by atoms with Gasteiger partial charge in [-0.2, -0.15) is 0 Å². The maximum Gasteiger partial charge on any atom is 0.164 e. The van der Waals surface area contributed by atoms with Gasteiger partial charge in [-0.3, -0.25) is 0 Å². The molecule has 12 rings (SSSR count). The van der Waals surface area contributed by atoms with Crippen LogP contribution in [-0.4, -0.2) is 19.5 Å². The first-order valence-electron chi connectivity index (χ1n) is 18.3. The monoisotopic (exact) mass is 704 g/mol. The van der Waals surface area contributed by atoms with E-state index in [1.807, 2.05) is 42.5 Å². The van der Waals surface area contributed by atoms with E-state index in [0.717, 1.165) is 88.1 Å². The second kappa shape index (κ2) is 11.5. The quantitative estimate of drug-likeness (QED) is 0.182. The highest BCUT2D eigenvalue weighted by Crippen LogP contribution is 2.41. The van der Waals surface area contributed by atoms with Crippen molar-refractivity contribution in [2.75, 3.05) is 0 Å². The molecule has 0 amide bonds. The van der Waals surface area contributed by atoms with Crippen molar-refractivity contribution in [2.24, 2.45) is 0 Å². The van der Waals surface area contributed by atoms with E-state index in [1.165, 1.54) is 10.8 Å². The molecule has 4 aromatic heterocycles. The van der Waals surface area contributed by atoms with Crippen LogP contribution in [0.5, 0.6) is 0 Å². The molecular weight excluding hydrogens is 677 g/mol. The first-order valence-corrected chi connectivity index (χ1v) is 18.3. The van der Waals surface area contributed by atoms with Gasteiger partial charge in [0.1, 0.15) is 16.7 Å². The molecule has 4 heterocycles. The standard InChI is InChI=1S/C49H28N4O2/c1-2-12-30-25-31(22-21-29(30)11-1)47-50-48(32-23-24-45-38(26-32)36-15-5-9-19-43(36)54-45)52-49(51-47)33-27-39-37-16-6-10-20-44(37)55-46(39)42(28-33)53-40-17-7-3-13-34(40)35-14-4-8-18-41(35)53/h1-28H. The zero-order valence-electron chi connectivity index (χ0n) is 29.3. The third-order valence-electron chi connectivity index (χ3n) is 10.8. The van der Waals surface area contributed by atoms with Crippen LogP contribution >= 0.6 is 0 Å². The highest BCUT2D eigenvalue weighted by atomic mass is 16.3. The Bertz CT molecular complexity index is 3460. The Labute approximate surface area is 313 Å². The number of aromatic nitrogens is 4. The van der Waals surface area contributed by atoms with E-state index in [4.69, 9.17) is 23.8 Å². The molecule has 0 aliphatic rings. The second-order valence-electron chi connectivity index (χ2n) is 14.0. The molecule has 55 heavy (non-hydrogen) atoms. The van der Waals surface area contributed by atoms with E-state index in [1.54, 1.807) is 0 Å². The Morgan fingerprint density at radius 2 is 0.855 bits per heavy atom. The molecule has 0 unspecified atom stereocenters. The lowest BCUT2D eigenvalue weighted by Gasteiger charge is -2.13. The second-order valence-corrected chi connectivity index (χ2v) is 14.0. The van der Waals surface area contributed by atoms with E-state index in [2.05, 4.69) is 132 Å². The molecule has 0 atom stereocenters. The van der Waals surface area contributed by atoms with Gasteiger partial charge in [-0.15, -0.1) is 0 Å². The molecule has 0 saturated carbocycles. The van der Waals surface area contributed by atoms with Gasteiger partial charge in [0.2, 0.25) is 0 Å². The van der Waals surface area contributed by atoms with Crippen LogP contribution in [0.4, 0.5) is 0 Å². The molecule has 0 N–H and O–H groups in total. The predicted octanol–water partition coefficient (Wildman–Crippen LogP) is 12.9. The molecule has 0 saturated heterocycles. The van der Waals surface area contributed by atoms with Crippen molar-refractivity contribution in [1.82, 2.24) is 19.5 Å². The van der Waals surface area contributed by atoms with E-state index in [9.17, 15) is 0 Å². The lowest BCUT2D eigenvalue weighted by atomic mass is 10.0. The number of nitrogens with zero attached hydrogens (tertiary/aromatic N) is 4. The predicted molar refractivity (Wildman–Crippen MR) is 223 cm³/mol. The summed E-state index contributed by atoms with van der Waals surface area (Å²) in [7, 11) is 0.